The van der Waals surface area contributed by atoms with E-state index in [1.165, 1.54) is 0 Å². The molecule has 0 saturated heterocycles. The Morgan fingerprint density at radius 2 is 2.10 bits per heavy atom. The van der Waals surface area contributed by atoms with Gasteiger partial charge in [0, 0.05) is 18.5 Å². The molecule has 4 heteroatoms. The second kappa shape index (κ2) is 6.06. The van der Waals surface area contributed by atoms with E-state index in [1.807, 2.05) is 24.3 Å². The van der Waals surface area contributed by atoms with Crippen molar-refractivity contribution in [3.63, 3.8) is 0 Å². The van der Waals surface area contributed by atoms with Crippen LogP contribution in [0.25, 0.3) is 0 Å². The summed E-state index contributed by atoms with van der Waals surface area (Å²) in [5, 5.41) is 0.667. The van der Waals surface area contributed by atoms with Crippen LogP contribution in [0.3, 0.4) is 0 Å². The van der Waals surface area contributed by atoms with Gasteiger partial charge in [0.25, 0.3) is 0 Å². The lowest BCUT2D eigenvalue weighted by Gasteiger charge is -2.36. The number of amides is 1. The van der Waals surface area contributed by atoms with Crippen LogP contribution < -0.4 is 0 Å². The van der Waals surface area contributed by atoms with Crippen LogP contribution in [0.15, 0.2) is 53.2 Å². The van der Waals surface area contributed by atoms with Crippen molar-refractivity contribution >= 4 is 24.2 Å². The Bertz CT molecular complexity index is 575. The summed E-state index contributed by atoms with van der Waals surface area (Å²) in [6.45, 7) is 9.70. The summed E-state index contributed by atoms with van der Waals surface area (Å²) in [5.41, 5.74) is 2.81. The molecule has 0 aromatic heterocycles. The molecular weight excluding hydrogens is 272 g/mol. The van der Waals surface area contributed by atoms with Crippen LogP contribution in [0.2, 0.25) is 5.02 Å². The fourth-order valence-electron chi connectivity index (χ4n) is 2.54. The monoisotopic (exact) mass is 288 g/mol. The molecule has 0 N–H and O–H groups in total. The molecule has 20 heavy (non-hydrogen) atoms. The Hall–Kier alpha value is -1.87. The summed E-state index contributed by atoms with van der Waals surface area (Å²) in [6, 6.07) is 7.25. The molecule has 1 aromatic carbocycles. The normalized spacial score (nSPS) is 18.9. The minimum atomic E-state index is -0.219. The first kappa shape index (κ1) is 14.5. The lowest BCUT2D eigenvalue weighted by molar-refractivity contribution is -0.130. The molecule has 104 valence electrons. The molecule has 0 spiro atoms. The Balaban J connectivity index is 2.55. The Kier molecular flexibility index (Phi) is 4.40. The summed E-state index contributed by atoms with van der Waals surface area (Å²) in [7, 11) is 0. The number of rotatable bonds is 3. The van der Waals surface area contributed by atoms with Crippen molar-refractivity contribution < 1.29 is 4.79 Å². The third-order valence-corrected chi connectivity index (χ3v) is 3.78. The van der Waals surface area contributed by atoms with Gasteiger partial charge >= 0.3 is 0 Å². The Morgan fingerprint density at radius 3 is 2.60 bits per heavy atom. The molecule has 0 bridgehead atoms. The number of hydrogen-bond acceptors (Lipinski definition) is 2. The maximum absolute atomic E-state index is 11.9. The lowest BCUT2D eigenvalue weighted by atomic mass is 9.93. The van der Waals surface area contributed by atoms with Crippen molar-refractivity contribution in [2.75, 3.05) is 6.54 Å². The molecule has 2 rings (SSSR count). The quantitative estimate of drug-likeness (QED) is 0.779. The fourth-order valence-corrected chi connectivity index (χ4v) is 2.66. The maximum atomic E-state index is 11.9. The molecule has 1 aliphatic heterocycles. The third-order valence-electron chi connectivity index (χ3n) is 3.53. The van der Waals surface area contributed by atoms with E-state index >= 15 is 0 Å². The van der Waals surface area contributed by atoms with Gasteiger partial charge in [-0.2, -0.15) is 0 Å². The molecule has 1 aliphatic rings. The van der Waals surface area contributed by atoms with Crippen LogP contribution in [0.1, 0.15) is 24.9 Å². The first-order valence-corrected chi connectivity index (χ1v) is 6.81. The highest BCUT2D eigenvalue weighted by Gasteiger charge is 2.31. The largest absolute Gasteiger partial charge is 0.330 e. The zero-order valence-electron chi connectivity index (χ0n) is 11.5. The van der Waals surface area contributed by atoms with Gasteiger partial charge in [0.05, 0.1) is 11.7 Å². The topological polar surface area (TPSA) is 32.7 Å². The van der Waals surface area contributed by atoms with Crippen molar-refractivity contribution in [3.05, 3.63) is 58.8 Å². The van der Waals surface area contributed by atoms with Crippen LogP contribution >= 0.6 is 11.6 Å². The van der Waals surface area contributed by atoms with E-state index in [-0.39, 0.29) is 11.9 Å². The number of nitrogens with zero attached hydrogens (tertiary/aromatic N) is 2. The molecule has 0 radical (unpaired) electrons. The smallest absolute Gasteiger partial charge is 0.220 e. The van der Waals surface area contributed by atoms with Crippen LogP contribution in [0.4, 0.5) is 0 Å². The Labute approximate surface area is 124 Å². The average molecular weight is 289 g/mol. The zero-order valence-corrected chi connectivity index (χ0v) is 12.2. The second-order valence-electron chi connectivity index (χ2n) is 4.69. The summed E-state index contributed by atoms with van der Waals surface area (Å²) < 4.78 is 0. The number of carbonyl (C=O) groups excluding carboxylic acids is 1. The van der Waals surface area contributed by atoms with Crippen LogP contribution in [-0.4, -0.2) is 24.1 Å². The van der Waals surface area contributed by atoms with Gasteiger partial charge in [-0.15, -0.1) is 0 Å². The van der Waals surface area contributed by atoms with Gasteiger partial charge < -0.3 is 4.90 Å². The minimum absolute atomic E-state index is 0.0224. The minimum Gasteiger partial charge on any atom is -0.330 e. The third kappa shape index (κ3) is 2.68. The van der Waals surface area contributed by atoms with E-state index in [0.29, 0.717) is 11.6 Å². The molecule has 1 amide bonds. The first-order chi connectivity index (χ1) is 9.58. The molecule has 1 aromatic rings. The highest BCUT2D eigenvalue weighted by atomic mass is 35.5. The number of carbonyl (C=O) groups is 1. The number of allylic oxidation sites excluding steroid dienone is 1. The molecule has 0 fully saturated rings. The van der Waals surface area contributed by atoms with Gasteiger partial charge in [-0.05, 0) is 36.4 Å². The molecule has 0 aliphatic carbocycles. The van der Waals surface area contributed by atoms with E-state index in [1.54, 1.807) is 17.9 Å². The standard InChI is InChI=1S/C16H17ClN2O/c1-4-12-9-10-19(11(2)20)16(15(12)18-3)13-5-7-14(17)8-6-13/h4-8,16H,1,3,9-10H2,2H3. The summed E-state index contributed by atoms with van der Waals surface area (Å²) in [4.78, 5) is 17.8. The Morgan fingerprint density at radius 1 is 1.45 bits per heavy atom. The van der Waals surface area contributed by atoms with Crippen LogP contribution in [-0.2, 0) is 4.79 Å². The van der Waals surface area contributed by atoms with Gasteiger partial charge in [-0.25, -0.2) is 0 Å². The van der Waals surface area contributed by atoms with Crippen LogP contribution in [0, 0.1) is 0 Å². The SMILES string of the molecule is C=CC1=C(N=C)C(c2ccc(Cl)cc2)N(C(C)=O)CC1. The van der Waals surface area contributed by atoms with E-state index in [4.69, 9.17) is 11.6 Å². The zero-order chi connectivity index (χ0) is 14.7. The predicted molar refractivity (Wildman–Crippen MR) is 83.0 cm³/mol. The van der Waals surface area contributed by atoms with Crippen molar-refractivity contribution in [1.29, 1.82) is 0 Å². The fraction of sp³-hybridized carbons (Fsp3) is 0.250. The molecule has 1 unspecified atom stereocenters. The second-order valence-corrected chi connectivity index (χ2v) is 5.13. The maximum Gasteiger partial charge on any atom is 0.220 e. The number of benzene rings is 1. The van der Waals surface area contributed by atoms with Gasteiger partial charge in [0.2, 0.25) is 5.91 Å². The molecule has 0 saturated carbocycles. The summed E-state index contributed by atoms with van der Waals surface area (Å²) in [5.74, 6) is 0.0224. The van der Waals surface area contributed by atoms with Crippen molar-refractivity contribution in [2.24, 2.45) is 4.99 Å². The van der Waals surface area contributed by atoms with Gasteiger partial charge in [-0.3, -0.25) is 9.79 Å². The predicted octanol–water partition coefficient (Wildman–Crippen LogP) is 3.77. The highest BCUT2D eigenvalue weighted by Crippen LogP contribution is 2.37. The van der Waals surface area contributed by atoms with Crippen LogP contribution in [0.5, 0.6) is 0 Å². The van der Waals surface area contributed by atoms with Crippen molar-refractivity contribution in [3.8, 4) is 0 Å². The van der Waals surface area contributed by atoms with Gasteiger partial charge in [0.1, 0.15) is 0 Å². The van der Waals surface area contributed by atoms with E-state index in [2.05, 4.69) is 18.3 Å². The molecular formula is C16H17ClN2O. The lowest BCUT2D eigenvalue weighted by Crippen LogP contribution is -2.38. The number of aliphatic imine (C=N–C) groups is 1. The highest BCUT2D eigenvalue weighted by molar-refractivity contribution is 6.30. The molecule has 1 atom stereocenters. The molecule has 3 nitrogen and oxygen atoms in total. The van der Waals surface area contributed by atoms with Crippen molar-refractivity contribution in [1.82, 2.24) is 4.90 Å². The van der Waals surface area contributed by atoms with Crippen molar-refractivity contribution in [2.45, 2.75) is 19.4 Å². The average Bonchev–Trinajstić information content (AvgIpc) is 2.46. The summed E-state index contributed by atoms with van der Waals surface area (Å²) >= 11 is 5.93. The number of halogens is 1. The van der Waals surface area contributed by atoms with Gasteiger partial charge in [0.15, 0.2) is 0 Å². The van der Waals surface area contributed by atoms with E-state index in [0.717, 1.165) is 23.3 Å². The first-order valence-electron chi connectivity index (χ1n) is 6.43. The summed E-state index contributed by atoms with van der Waals surface area (Å²) in [6.07, 6.45) is 2.55. The molecule has 1 heterocycles. The van der Waals surface area contributed by atoms with Gasteiger partial charge in [-0.1, -0.05) is 36.4 Å². The van der Waals surface area contributed by atoms with E-state index < -0.39 is 0 Å². The number of hydrogen-bond donors (Lipinski definition) is 0. The van der Waals surface area contributed by atoms with E-state index in [9.17, 15) is 4.79 Å².